The molecule has 0 aliphatic heterocycles. The van der Waals surface area contributed by atoms with Crippen molar-refractivity contribution in [2.45, 2.75) is 20.4 Å². The first-order chi connectivity index (χ1) is 9.65. The average molecular weight is 285 g/mol. The molecule has 0 saturated heterocycles. The van der Waals surface area contributed by atoms with E-state index in [0.717, 1.165) is 16.2 Å². The summed E-state index contributed by atoms with van der Waals surface area (Å²) in [6.45, 7) is 4.56. The van der Waals surface area contributed by atoms with E-state index in [0.29, 0.717) is 12.1 Å². The molecule has 5 heteroatoms. The van der Waals surface area contributed by atoms with E-state index < -0.39 is 0 Å². The first-order valence-electron chi connectivity index (χ1n) is 6.40. The van der Waals surface area contributed by atoms with Crippen LogP contribution < -0.4 is 5.32 Å². The molecule has 0 saturated carbocycles. The zero-order valence-corrected chi connectivity index (χ0v) is 12.2. The van der Waals surface area contributed by atoms with E-state index in [9.17, 15) is 4.79 Å². The van der Waals surface area contributed by atoms with E-state index >= 15 is 0 Å². The third-order valence-corrected chi connectivity index (χ3v) is 4.32. The van der Waals surface area contributed by atoms with Gasteiger partial charge in [-0.2, -0.15) is 0 Å². The second-order valence-electron chi connectivity index (χ2n) is 4.79. The van der Waals surface area contributed by atoms with Gasteiger partial charge in [0, 0.05) is 23.3 Å². The number of carbonyl (C=O) groups excluding carboxylic acids is 1. The lowest BCUT2D eigenvalue weighted by Gasteiger charge is -2.07. The molecule has 0 spiro atoms. The maximum atomic E-state index is 12.1. The van der Waals surface area contributed by atoms with Crippen LogP contribution in [0, 0.1) is 13.8 Å². The number of nitrogens with zero attached hydrogens (tertiary/aromatic N) is 2. The van der Waals surface area contributed by atoms with Crippen molar-refractivity contribution in [1.29, 1.82) is 0 Å². The lowest BCUT2D eigenvalue weighted by molar-refractivity contribution is 0.0950. The van der Waals surface area contributed by atoms with Crippen molar-refractivity contribution in [1.82, 2.24) is 14.7 Å². The minimum Gasteiger partial charge on any atom is -0.346 e. The molecule has 4 nitrogen and oxygen atoms in total. The van der Waals surface area contributed by atoms with Gasteiger partial charge in [-0.25, -0.2) is 4.98 Å². The predicted octanol–water partition coefficient (Wildman–Crippen LogP) is 2.94. The molecule has 2 aromatic heterocycles. The SMILES string of the molecule is Cc1ccc(C(=O)NCc2csc3nccn23)cc1C. The van der Waals surface area contributed by atoms with Crippen molar-refractivity contribution >= 4 is 22.2 Å². The quantitative estimate of drug-likeness (QED) is 0.804. The maximum Gasteiger partial charge on any atom is 0.251 e. The van der Waals surface area contributed by atoms with Gasteiger partial charge in [-0.05, 0) is 37.1 Å². The van der Waals surface area contributed by atoms with Gasteiger partial charge in [-0.1, -0.05) is 6.07 Å². The standard InChI is InChI=1S/C15H15N3OS/c1-10-3-4-12(7-11(10)2)14(19)17-8-13-9-20-15-16-5-6-18(13)15/h3-7,9H,8H2,1-2H3,(H,17,19). The number of aromatic nitrogens is 2. The first-order valence-corrected chi connectivity index (χ1v) is 7.28. The lowest BCUT2D eigenvalue weighted by Crippen LogP contribution is -2.23. The van der Waals surface area contributed by atoms with Crippen molar-refractivity contribution in [2.24, 2.45) is 0 Å². The van der Waals surface area contributed by atoms with E-state index in [1.807, 2.05) is 48.0 Å². The lowest BCUT2D eigenvalue weighted by atomic mass is 10.1. The molecule has 0 fully saturated rings. The minimum absolute atomic E-state index is 0.0486. The Hall–Kier alpha value is -2.14. The Bertz CT molecular complexity index is 772. The van der Waals surface area contributed by atoms with Crippen LogP contribution in [0.1, 0.15) is 27.2 Å². The normalized spacial score (nSPS) is 10.9. The number of rotatable bonds is 3. The molecule has 3 aromatic rings. The fraction of sp³-hybridized carbons (Fsp3) is 0.200. The number of aryl methyl sites for hydroxylation is 2. The van der Waals surface area contributed by atoms with Crippen molar-refractivity contribution < 1.29 is 4.79 Å². The highest BCUT2D eigenvalue weighted by atomic mass is 32.1. The minimum atomic E-state index is -0.0486. The Morgan fingerprint density at radius 3 is 3.00 bits per heavy atom. The molecule has 1 amide bonds. The fourth-order valence-corrected chi connectivity index (χ4v) is 2.91. The van der Waals surface area contributed by atoms with Crippen LogP contribution in [0.15, 0.2) is 36.0 Å². The summed E-state index contributed by atoms with van der Waals surface area (Å²) in [7, 11) is 0. The molecule has 0 bridgehead atoms. The van der Waals surface area contributed by atoms with E-state index in [-0.39, 0.29) is 5.91 Å². The van der Waals surface area contributed by atoms with Gasteiger partial charge in [0.1, 0.15) is 0 Å². The smallest absolute Gasteiger partial charge is 0.251 e. The molecule has 0 radical (unpaired) electrons. The highest BCUT2D eigenvalue weighted by Gasteiger charge is 2.08. The molecule has 1 aromatic carbocycles. The van der Waals surface area contributed by atoms with Gasteiger partial charge >= 0.3 is 0 Å². The predicted molar refractivity (Wildman–Crippen MR) is 80.2 cm³/mol. The molecule has 102 valence electrons. The summed E-state index contributed by atoms with van der Waals surface area (Å²) in [5.74, 6) is -0.0486. The third-order valence-electron chi connectivity index (χ3n) is 3.42. The largest absolute Gasteiger partial charge is 0.346 e. The second kappa shape index (κ2) is 5.09. The van der Waals surface area contributed by atoms with Crippen LogP contribution in [0.3, 0.4) is 0 Å². The van der Waals surface area contributed by atoms with Crippen molar-refractivity contribution in [2.75, 3.05) is 0 Å². The summed E-state index contributed by atoms with van der Waals surface area (Å²) in [5.41, 5.74) is 4.06. The molecular formula is C15H15N3OS. The zero-order chi connectivity index (χ0) is 14.1. The number of thiazole rings is 1. The summed E-state index contributed by atoms with van der Waals surface area (Å²) in [4.78, 5) is 17.3. The van der Waals surface area contributed by atoms with Gasteiger partial charge in [0.25, 0.3) is 5.91 Å². The summed E-state index contributed by atoms with van der Waals surface area (Å²) in [6, 6.07) is 5.76. The molecule has 0 aliphatic carbocycles. The molecule has 0 unspecified atom stereocenters. The number of nitrogens with one attached hydrogen (secondary N) is 1. The topological polar surface area (TPSA) is 46.4 Å². The summed E-state index contributed by atoms with van der Waals surface area (Å²) in [5, 5.41) is 4.97. The van der Waals surface area contributed by atoms with Crippen molar-refractivity contribution in [3.8, 4) is 0 Å². The van der Waals surface area contributed by atoms with E-state index in [4.69, 9.17) is 0 Å². The van der Waals surface area contributed by atoms with Gasteiger partial charge < -0.3 is 5.32 Å². The number of benzene rings is 1. The highest BCUT2D eigenvalue weighted by Crippen LogP contribution is 2.14. The zero-order valence-electron chi connectivity index (χ0n) is 11.4. The Morgan fingerprint density at radius 2 is 2.20 bits per heavy atom. The number of carbonyl (C=O) groups is 1. The van der Waals surface area contributed by atoms with Crippen molar-refractivity contribution in [3.05, 3.63) is 58.4 Å². The summed E-state index contributed by atoms with van der Waals surface area (Å²) >= 11 is 1.57. The van der Waals surface area contributed by atoms with E-state index in [2.05, 4.69) is 10.3 Å². The Kier molecular flexibility index (Phi) is 3.28. The van der Waals surface area contributed by atoms with Gasteiger partial charge in [-0.3, -0.25) is 9.20 Å². The number of imidazole rings is 1. The molecule has 3 rings (SSSR count). The highest BCUT2D eigenvalue weighted by molar-refractivity contribution is 7.15. The molecule has 1 N–H and O–H groups in total. The van der Waals surface area contributed by atoms with Crippen LogP contribution in [0.25, 0.3) is 4.96 Å². The molecule has 2 heterocycles. The Balaban J connectivity index is 1.73. The molecule has 20 heavy (non-hydrogen) atoms. The Morgan fingerprint density at radius 1 is 1.35 bits per heavy atom. The monoisotopic (exact) mass is 285 g/mol. The summed E-state index contributed by atoms with van der Waals surface area (Å²) in [6.07, 6.45) is 3.67. The van der Waals surface area contributed by atoms with Crippen LogP contribution in [-0.2, 0) is 6.54 Å². The number of hydrogen-bond acceptors (Lipinski definition) is 3. The second-order valence-corrected chi connectivity index (χ2v) is 5.63. The third kappa shape index (κ3) is 2.32. The first kappa shape index (κ1) is 12.9. The van der Waals surface area contributed by atoms with Crippen LogP contribution in [0.5, 0.6) is 0 Å². The van der Waals surface area contributed by atoms with Crippen molar-refractivity contribution in [3.63, 3.8) is 0 Å². The van der Waals surface area contributed by atoms with E-state index in [1.54, 1.807) is 17.5 Å². The van der Waals surface area contributed by atoms with Gasteiger partial charge in [0.15, 0.2) is 4.96 Å². The number of hydrogen-bond donors (Lipinski definition) is 1. The molecule has 0 aliphatic rings. The van der Waals surface area contributed by atoms with Crippen LogP contribution in [-0.4, -0.2) is 15.3 Å². The van der Waals surface area contributed by atoms with Crippen LogP contribution in [0.2, 0.25) is 0 Å². The Labute approximate surface area is 121 Å². The van der Waals surface area contributed by atoms with Crippen LogP contribution in [0.4, 0.5) is 0 Å². The number of amides is 1. The molecule has 0 atom stereocenters. The number of fused-ring (bicyclic) bond motifs is 1. The average Bonchev–Trinajstić information content (AvgIpc) is 3.02. The maximum absolute atomic E-state index is 12.1. The van der Waals surface area contributed by atoms with Crippen LogP contribution >= 0.6 is 11.3 Å². The van der Waals surface area contributed by atoms with Gasteiger partial charge in [-0.15, -0.1) is 11.3 Å². The summed E-state index contributed by atoms with van der Waals surface area (Å²) < 4.78 is 1.99. The van der Waals surface area contributed by atoms with E-state index in [1.165, 1.54) is 5.56 Å². The van der Waals surface area contributed by atoms with Gasteiger partial charge in [0.2, 0.25) is 0 Å². The van der Waals surface area contributed by atoms with Gasteiger partial charge in [0.05, 0.1) is 12.2 Å². The fourth-order valence-electron chi connectivity index (χ4n) is 2.06. The molecular weight excluding hydrogens is 270 g/mol.